The summed E-state index contributed by atoms with van der Waals surface area (Å²) in [6.07, 6.45) is 2.14. The average molecular weight is 201 g/mol. The van der Waals surface area contributed by atoms with E-state index in [4.69, 9.17) is 0 Å². The summed E-state index contributed by atoms with van der Waals surface area (Å²) in [5.41, 5.74) is 1.82. The zero-order chi connectivity index (χ0) is 11.1. The largest absolute Gasteiger partial charge is 0.382 e. The average Bonchev–Trinajstić information content (AvgIpc) is 2.11. The number of allylic oxidation sites excluding steroid dienone is 1. The highest BCUT2D eigenvalue weighted by atomic mass is 16.6. The summed E-state index contributed by atoms with van der Waals surface area (Å²) < 4.78 is 0. The van der Waals surface area contributed by atoms with Gasteiger partial charge in [0.2, 0.25) is 6.54 Å². The topological polar surface area (TPSA) is 63.4 Å². The molecule has 14 heavy (non-hydrogen) atoms. The predicted molar refractivity (Wildman–Crippen MR) is 55.8 cm³/mol. The zero-order valence-corrected chi connectivity index (χ0v) is 9.12. The molecule has 0 heterocycles. The van der Waals surface area contributed by atoms with Crippen LogP contribution in [0.25, 0.3) is 0 Å². The first-order valence-corrected chi connectivity index (χ1v) is 4.95. The molecule has 0 saturated carbocycles. The summed E-state index contributed by atoms with van der Waals surface area (Å²) in [6.45, 7) is 5.39. The van der Waals surface area contributed by atoms with Crippen LogP contribution in [-0.4, -0.2) is 22.7 Å². The van der Waals surface area contributed by atoms with E-state index < -0.39 is 17.6 Å². The van der Waals surface area contributed by atoms with E-state index >= 15 is 0 Å². The molecule has 0 aliphatic heterocycles. The van der Waals surface area contributed by atoms with Crippen LogP contribution in [0.3, 0.4) is 0 Å². The molecule has 1 atom stereocenters. The molecule has 0 aliphatic rings. The lowest BCUT2D eigenvalue weighted by Crippen LogP contribution is -2.21. The number of aliphatic hydroxyl groups is 1. The highest BCUT2D eigenvalue weighted by molar-refractivity contribution is 5.13. The fourth-order valence-electron chi connectivity index (χ4n) is 1.20. The van der Waals surface area contributed by atoms with Crippen molar-refractivity contribution in [2.45, 2.75) is 46.1 Å². The second kappa shape index (κ2) is 6.54. The molecular weight excluding hydrogens is 182 g/mol. The van der Waals surface area contributed by atoms with Crippen molar-refractivity contribution in [3.05, 3.63) is 21.3 Å². The molecule has 0 radical (unpaired) electrons. The molecule has 0 rings (SSSR count). The summed E-state index contributed by atoms with van der Waals surface area (Å²) in [7, 11) is 0. The van der Waals surface area contributed by atoms with Crippen LogP contribution in [0.15, 0.2) is 11.1 Å². The van der Waals surface area contributed by atoms with Crippen LogP contribution in [-0.2, 0) is 0 Å². The van der Waals surface area contributed by atoms with Crippen LogP contribution in [0.4, 0.5) is 0 Å². The van der Waals surface area contributed by atoms with Gasteiger partial charge in [0.25, 0.3) is 0 Å². The van der Waals surface area contributed by atoms with Crippen molar-refractivity contribution in [2.24, 2.45) is 0 Å². The van der Waals surface area contributed by atoms with Gasteiger partial charge < -0.3 is 5.11 Å². The molecule has 0 aliphatic carbocycles. The number of nitrogens with zero attached hydrogens (tertiary/aromatic N) is 1. The quantitative estimate of drug-likeness (QED) is 0.407. The Hall–Kier alpha value is -0.900. The first-order valence-electron chi connectivity index (χ1n) is 4.95. The standard InChI is InChI=1S/C10H19NO3/c1-4-5-6-8(2)9(3)10(12)7-11(13)14/h10,12H,4-7H2,1-3H3/b9-8-. The molecule has 0 aromatic carbocycles. The minimum absolute atomic E-state index is 0.394. The van der Waals surface area contributed by atoms with Crippen molar-refractivity contribution in [3.63, 3.8) is 0 Å². The predicted octanol–water partition coefficient (Wildman–Crippen LogP) is 2.15. The van der Waals surface area contributed by atoms with Gasteiger partial charge in [-0.2, -0.15) is 0 Å². The molecule has 0 spiro atoms. The van der Waals surface area contributed by atoms with E-state index in [1.807, 2.05) is 6.92 Å². The monoisotopic (exact) mass is 201 g/mol. The minimum atomic E-state index is -0.929. The number of hydrogen-bond donors (Lipinski definition) is 1. The van der Waals surface area contributed by atoms with E-state index in [1.54, 1.807) is 6.92 Å². The van der Waals surface area contributed by atoms with E-state index in [9.17, 15) is 15.2 Å². The lowest BCUT2D eigenvalue weighted by atomic mass is 10.0. The van der Waals surface area contributed by atoms with Crippen molar-refractivity contribution >= 4 is 0 Å². The van der Waals surface area contributed by atoms with Crippen LogP contribution in [0, 0.1) is 10.1 Å². The summed E-state index contributed by atoms with van der Waals surface area (Å²) in [6, 6.07) is 0. The Morgan fingerprint density at radius 1 is 1.50 bits per heavy atom. The van der Waals surface area contributed by atoms with Crippen molar-refractivity contribution in [1.29, 1.82) is 0 Å². The maximum atomic E-state index is 10.2. The molecule has 0 aromatic rings. The molecule has 1 unspecified atom stereocenters. The lowest BCUT2D eigenvalue weighted by Gasteiger charge is -2.10. The molecule has 0 saturated heterocycles. The van der Waals surface area contributed by atoms with Crippen LogP contribution in [0.1, 0.15) is 40.0 Å². The third-order valence-corrected chi connectivity index (χ3v) is 2.40. The fourth-order valence-corrected chi connectivity index (χ4v) is 1.20. The van der Waals surface area contributed by atoms with Gasteiger partial charge in [0, 0.05) is 4.92 Å². The Morgan fingerprint density at radius 2 is 2.07 bits per heavy atom. The number of unbranched alkanes of at least 4 members (excludes halogenated alkanes) is 1. The normalized spacial score (nSPS) is 14.9. The number of aliphatic hydroxyl groups excluding tert-OH is 1. The highest BCUT2D eigenvalue weighted by Gasteiger charge is 2.14. The molecule has 82 valence electrons. The van der Waals surface area contributed by atoms with Gasteiger partial charge in [0.15, 0.2) is 0 Å². The smallest absolute Gasteiger partial charge is 0.233 e. The van der Waals surface area contributed by atoms with Gasteiger partial charge in [-0.3, -0.25) is 10.1 Å². The molecule has 1 N–H and O–H groups in total. The van der Waals surface area contributed by atoms with Gasteiger partial charge in [0.05, 0.1) is 0 Å². The van der Waals surface area contributed by atoms with Gasteiger partial charge in [-0.15, -0.1) is 0 Å². The molecule has 0 amide bonds. The van der Waals surface area contributed by atoms with E-state index in [0.717, 1.165) is 30.4 Å². The third-order valence-electron chi connectivity index (χ3n) is 2.40. The summed E-state index contributed by atoms with van der Waals surface area (Å²) in [5.74, 6) is 0. The van der Waals surface area contributed by atoms with Crippen LogP contribution in [0.5, 0.6) is 0 Å². The van der Waals surface area contributed by atoms with Crippen LogP contribution in [0.2, 0.25) is 0 Å². The van der Waals surface area contributed by atoms with Gasteiger partial charge >= 0.3 is 0 Å². The molecule has 4 heteroatoms. The van der Waals surface area contributed by atoms with Gasteiger partial charge in [-0.05, 0) is 32.3 Å². The Balaban J connectivity index is 4.24. The van der Waals surface area contributed by atoms with Gasteiger partial charge in [0.1, 0.15) is 6.10 Å². The molecule has 0 bridgehead atoms. The summed E-state index contributed by atoms with van der Waals surface area (Å²) in [5, 5.41) is 19.6. The first kappa shape index (κ1) is 13.1. The van der Waals surface area contributed by atoms with Crippen molar-refractivity contribution < 1.29 is 10.0 Å². The zero-order valence-electron chi connectivity index (χ0n) is 9.12. The van der Waals surface area contributed by atoms with Gasteiger partial charge in [-0.25, -0.2) is 0 Å². The second-order valence-electron chi connectivity index (χ2n) is 3.60. The number of nitro groups is 1. The summed E-state index contributed by atoms with van der Waals surface area (Å²) >= 11 is 0. The van der Waals surface area contributed by atoms with E-state index in [-0.39, 0.29) is 0 Å². The maximum Gasteiger partial charge on any atom is 0.233 e. The number of hydrogen-bond acceptors (Lipinski definition) is 3. The Bertz CT molecular complexity index is 223. The molecular formula is C10H19NO3. The first-order chi connectivity index (χ1) is 6.49. The van der Waals surface area contributed by atoms with E-state index in [0.29, 0.717) is 0 Å². The Morgan fingerprint density at radius 3 is 2.50 bits per heavy atom. The fraction of sp³-hybridized carbons (Fsp3) is 0.800. The van der Waals surface area contributed by atoms with Gasteiger partial charge in [-0.1, -0.05) is 18.9 Å². The van der Waals surface area contributed by atoms with Crippen molar-refractivity contribution in [3.8, 4) is 0 Å². The van der Waals surface area contributed by atoms with E-state index in [1.165, 1.54) is 0 Å². The molecule has 0 aromatic heterocycles. The summed E-state index contributed by atoms with van der Waals surface area (Å²) in [4.78, 5) is 9.69. The Labute approximate surface area is 84.8 Å². The molecule has 0 fully saturated rings. The van der Waals surface area contributed by atoms with Crippen molar-refractivity contribution in [1.82, 2.24) is 0 Å². The lowest BCUT2D eigenvalue weighted by molar-refractivity contribution is -0.488. The second-order valence-corrected chi connectivity index (χ2v) is 3.60. The highest BCUT2D eigenvalue weighted by Crippen LogP contribution is 2.14. The third kappa shape index (κ3) is 4.97. The SMILES string of the molecule is CCCC/C(C)=C(/C)C(O)C[N+](=O)[O-]. The minimum Gasteiger partial charge on any atom is -0.382 e. The van der Waals surface area contributed by atoms with Crippen LogP contribution < -0.4 is 0 Å². The van der Waals surface area contributed by atoms with E-state index in [2.05, 4.69) is 6.92 Å². The van der Waals surface area contributed by atoms with Crippen LogP contribution >= 0.6 is 0 Å². The van der Waals surface area contributed by atoms with Crippen molar-refractivity contribution in [2.75, 3.05) is 6.54 Å². The molecule has 4 nitrogen and oxygen atoms in total. The number of rotatable bonds is 6. The Kier molecular flexibility index (Phi) is 6.12. The maximum absolute atomic E-state index is 10.2.